The zero-order valence-corrected chi connectivity index (χ0v) is 9.84. The Bertz CT molecular complexity index is 448. The van der Waals surface area contributed by atoms with Crippen molar-refractivity contribution in [1.82, 2.24) is 0 Å². The van der Waals surface area contributed by atoms with Gasteiger partial charge >= 0.3 is 0 Å². The van der Waals surface area contributed by atoms with Gasteiger partial charge in [0.15, 0.2) is 6.29 Å². The summed E-state index contributed by atoms with van der Waals surface area (Å²) >= 11 is 0. The van der Waals surface area contributed by atoms with E-state index in [1.807, 2.05) is 49.4 Å². The summed E-state index contributed by atoms with van der Waals surface area (Å²) in [5.41, 5.74) is 2.32. The summed E-state index contributed by atoms with van der Waals surface area (Å²) in [6, 6.07) is 17.9. The van der Waals surface area contributed by atoms with Gasteiger partial charge in [-0.3, -0.25) is 0 Å². The largest absolute Gasteiger partial charge is 0.465 e. The smallest absolute Gasteiger partial charge is 0.197 e. The van der Waals surface area contributed by atoms with Crippen LogP contribution in [0.3, 0.4) is 0 Å². The van der Waals surface area contributed by atoms with E-state index in [1.54, 1.807) is 0 Å². The van der Waals surface area contributed by atoms with Gasteiger partial charge in [0.25, 0.3) is 0 Å². The Labute approximate surface area is 101 Å². The number of hydrogen-bond donors (Lipinski definition) is 1. The van der Waals surface area contributed by atoms with Crippen molar-refractivity contribution in [3.63, 3.8) is 0 Å². The Morgan fingerprint density at radius 3 is 2.12 bits per heavy atom. The Morgan fingerprint density at radius 1 is 0.941 bits per heavy atom. The third kappa shape index (κ3) is 3.08. The van der Waals surface area contributed by atoms with Crippen molar-refractivity contribution in [3.8, 4) is 16.9 Å². The molecule has 1 atom stereocenters. The van der Waals surface area contributed by atoms with Crippen LogP contribution in [0.25, 0.3) is 11.1 Å². The summed E-state index contributed by atoms with van der Waals surface area (Å²) in [5, 5.41) is 9.38. The summed E-state index contributed by atoms with van der Waals surface area (Å²) in [6.07, 6.45) is -0.141. The number of aliphatic hydroxyl groups excluding tert-OH is 1. The van der Waals surface area contributed by atoms with Crippen molar-refractivity contribution < 1.29 is 9.84 Å². The molecule has 0 fully saturated rings. The highest BCUT2D eigenvalue weighted by molar-refractivity contribution is 5.63. The van der Waals surface area contributed by atoms with E-state index in [1.165, 1.54) is 5.56 Å². The molecule has 0 amide bonds. The van der Waals surface area contributed by atoms with E-state index in [4.69, 9.17) is 4.74 Å². The van der Waals surface area contributed by atoms with E-state index in [0.29, 0.717) is 12.2 Å². The van der Waals surface area contributed by atoms with Crippen LogP contribution in [-0.4, -0.2) is 11.4 Å². The first-order chi connectivity index (χ1) is 8.29. The van der Waals surface area contributed by atoms with Crippen molar-refractivity contribution in [2.45, 2.75) is 19.6 Å². The lowest BCUT2D eigenvalue weighted by Crippen LogP contribution is -2.13. The Kier molecular flexibility index (Phi) is 3.78. The molecule has 0 saturated heterocycles. The molecule has 2 aromatic carbocycles. The maximum Gasteiger partial charge on any atom is 0.197 e. The summed E-state index contributed by atoms with van der Waals surface area (Å²) in [5.74, 6) is 0.694. The Balaban J connectivity index is 2.13. The lowest BCUT2D eigenvalue weighted by molar-refractivity contribution is -0.0191. The van der Waals surface area contributed by atoms with Gasteiger partial charge in [0, 0.05) is 6.42 Å². The van der Waals surface area contributed by atoms with Crippen LogP contribution in [-0.2, 0) is 0 Å². The molecule has 1 unspecified atom stereocenters. The van der Waals surface area contributed by atoms with Crippen molar-refractivity contribution in [2.24, 2.45) is 0 Å². The molecule has 2 nitrogen and oxygen atoms in total. The van der Waals surface area contributed by atoms with E-state index in [-0.39, 0.29) is 0 Å². The Hall–Kier alpha value is -1.80. The first kappa shape index (κ1) is 11.7. The van der Waals surface area contributed by atoms with Gasteiger partial charge in [-0.1, -0.05) is 49.4 Å². The molecule has 0 aliphatic rings. The standard InChI is InChI=1S/C15H16O2/c1-2-15(16)17-14-10-8-13(9-11-14)12-6-4-3-5-7-12/h3-11,15-16H,2H2,1H3. The lowest BCUT2D eigenvalue weighted by atomic mass is 10.1. The van der Waals surface area contributed by atoms with Crippen molar-refractivity contribution >= 4 is 0 Å². The predicted octanol–water partition coefficient (Wildman–Crippen LogP) is 3.46. The monoisotopic (exact) mass is 228 g/mol. The zero-order valence-electron chi connectivity index (χ0n) is 9.84. The highest BCUT2D eigenvalue weighted by Crippen LogP contribution is 2.22. The van der Waals surface area contributed by atoms with Crippen LogP contribution in [0.1, 0.15) is 13.3 Å². The molecule has 17 heavy (non-hydrogen) atoms. The van der Waals surface area contributed by atoms with E-state index in [2.05, 4.69) is 12.1 Å². The molecule has 0 radical (unpaired) electrons. The minimum atomic E-state index is -0.724. The molecule has 2 aromatic rings. The maximum atomic E-state index is 9.38. The maximum absolute atomic E-state index is 9.38. The van der Waals surface area contributed by atoms with Crippen molar-refractivity contribution in [2.75, 3.05) is 0 Å². The van der Waals surface area contributed by atoms with Crippen LogP contribution in [0.2, 0.25) is 0 Å². The van der Waals surface area contributed by atoms with Gasteiger partial charge in [0.05, 0.1) is 0 Å². The Morgan fingerprint density at radius 2 is 1.53 bits per heavy atom. The second-order valence-electron chi connectivity index (χ2n) is 3.87. The van der Waals surface area contributed by atoms with E-state index >= 15 is 0 Å². The van der Waals surface area contributed by atoms with Crippen LogP contribution in [0.4, 0.5) is 0 Å². The van der Waals surface area contributed by atoms with Crippen LogP contribution < -0.4 is 4.74 Å². The van der Waals surface area contributed by atoms with E-state index in [0.717, 1.165) is 5.56 Å². The van der Waals surface area contributed by atoms with Crippen LogP contribution >= 0.6 is 0 Å². The van der Waals surface area contributed by atoms with Gasteiger partial charge in [-0.25, -0.2) is 0 Å². The molecule has 0 saturated carbocycles. The third-order valence-corrected chi connectivity index (χ3v) is 2.58. The zero-order chi connectivity index (χ0) is 12.1. The number of rotatable bonds is 4. The molecule has 0 bridgehead atoms. The van der Waals surface area contributed by atoms with Gasteiger partial charge in [-0.05, 0) is 23.3 Å². The number of hydrogen-bond acceptors (Lipinski definition) is 2. The molecule has 0 aliphatic heterocycles. The minimum Gasteiger partial charge on any atom is -0.465 e. The first-order valence-corrected chi connectivity index (χ1v) is 5.80. The van der Waals surface area contributed by atoms with E-state index < -0.39 is 6.29 Å². The fourth-order valence-electron chi connectivity index (χ4n) is 1.60. The molecule has 0 aromatic heterocycles. The quantitative estimate of drug-likeness (QED) is 0.812. The molecular weight excluding hydrogens is 212 g/mol. The number of benzene rings is 2. The van der Waals surface area contributed by atoms with Gasteiger partial charge in [-0.15, -0.1) is 0 Å². The molecular formula is C15H16O2. The third-order valence-electron chi connectivity index (χ3n) is 2.58. The summed E-state index contributed by atoms with van der Waals surface area (Å²) in [4.78, 5) is 0. The fraction of sp³-hybridized carbons (Fsp3) is 0.200. The second kappa shape index (κ2) is 5.51. The van der Waals surface area contributed by atoms with Gasteiger partial charge in [-0.2, -0.15) is 0 Å². The van der Waals surface area contributed by atoms with Crippen molar-refractivity contribution in [3.05, 3.63) is 54.6 Å². The topological polar surface area (TPSA) is 29.5 Å². The molecule has 88 valence electrons. The molecule has 2 rings (SSSR count). The minimum absolute atomic E-state index is 0.584. The normalized spacial score (nSPS) is 12.1. The molecule has 2 heteroatoms. The molecule has 0 spiro atoms. The number of ether oxygens (including phenoxy) is 1. The van der Waals surface area contributed by atoms with Crippen LogP contribution in [0.5, 0.6) is 5.75 Å². The van der Waals surface area contributed by atoms with Gasteiger partial charge < -0.3 is 9.84 Å². The summed E-state index contributed by atoms with van der Waals surface area (Å²) < 4.78 is 5.31. The van der Waals surface area contributed by atoms with Crippen LogP contribution in [0.15, 0.2) is 54.6 Å². The highest BCUT2D eigenvalue weighted by Gasteiger charge is 2.02. The first-order valence-electron chi connectivity index (χ1n) is 5.80. The molecule has 0 heterocycles. The van der Waals surface area contributed by atoms with Crippen molar-refractivity contribution in [1.29, 1.82) is 0 Å². The predicted molar refractivity (Wildman–Crippen MR) is 68.8 cm³/mol. The van der Waals surface area contributed by atoms with E-state index in [9.17, 15) is 5.11 Å². The fourth-order valence-corrected chi connectivity index (χ4v) is 1.60. The van der Waals surface area contributed by atoms with Gasteiger partial charge in [0.2, 0.25) is 0 Å². The SMILES string of the molecule is CCC(O)Oc1ccc(-c2ccccc2)cc1. The average Bonchev–Trinajstić information content (AvgIpc) is 2.40. The number of aliphatic hydroxyl groups is 1. The molecule has 1 N–H and O–H groups in total. The molecule has 0 aliphatic carbocycles. The lowest BCUT2D eigenvalue weighted by Gasteiger charge is -2.11. The average molecular weight is 228 g/mol. The highest BCUT2D eigenvalue weighted by atomic mass is 16.6. The second-order valence-corrected chi connectivity index (χ2v) is 3.87. The van der Waals surface area contributed by atoms with Crippen LogP contribution in [0, 0.1) is 0 Å². The summed E-state index contributed by atoms with van der Waals surface area (Å²) in [7, 11) is 0. The summed E-state index contributed by atoms with van der Waals surface area (Å²) in [6.45, 7) is 1.88. The van der Waals surface area contributed by atoms with Gasteiger partial charge in [0.1, 0.15) is 5.75 Å².